The van der Waals surface area contributed by atoms with E-state index in [0.29, 0.717) is 12.1 Å². The van der Waals surface area contributed by atoms with Gasteiger partial charge in [0, 0.05) is 12.2 Å². The molecule has 0 fully saturated rings. The van der Waals surface area contributed by atoms with E-state index in [1.165, 1.54) is 0 Å². The van der Waals surface area contributed by atoms with Crippen LogP contribution in [0.2, 0.25) is 0 Å². The summed E-state index contributed by atoms with van der Waals surface area (Å²) in [6.07, 6.45) is 0. The largest absolute Gasteiger partial charge is 0.383 e. The number of nitriles is 2. The molecule has 76 valence electrons. The smallest absolute Gasteiger partial charge is 0.0991 e. The van der Waals surface area contributed by atoms with Crippen molar-refractivity contribution in [2.75, 3.05) is 11.9 Å². The van der Waals surface area contributed by atoms with Gasteiger partial charge in [-0.3, -0.25) is 0 Å². The number of hydrogen-bond acceptors (Lipinski definition) is 3. The number of benzene rings is 1. The Balaban J connectivity index is 2.61. The summed E-state index contributed by atoms with van der Waals surface area (Å²) in [6, 6.07) is 11.5. The molecule has 0 aliphatic rings. The summed E-state index contributed by atoms with van der Waals surface area (Å²) in [6.45, 7) is 4.35. The molecule has 0 aliphatic carbocycles. The summed E-state index contributed by atoms with van der Waals surface area (Å²) in [5, 5.41) is 20.6. The summed E-state index contributed by atoms with van der Waals surface area (Å²) < 4.78 is 0. The molecule has 0 atom stereocenters. The van der Waals surface area contributed by atoms with Gasteiger partial charge in [-0.2, -0.15) is 10.5 Å². The number of nitrogens with one attached hydrogen (secondary N) is 1. The van der Waals surface area contributed by atoms with E-state index in [9.17, 15) is 0 Å². The van der Waals surface area contributed by atoms with Crippen molar-refractivity contribution in [3.05, 3.63) is 29.8 Å². The van der Waals surface area contributed by atoms with E-state index in [2.05, 4.69) is 17.5 Å². The SMILES string of the molecule is CC(C)(C#N)CNc1ccc(C#N)cc1. The van der Waals surface area contributed by atoms with Gasteiger partial charge in [-0.15, -0.1) is 0 Å². The minimum absolute atomic E-state index is 0.381. The van der Waals surface area contributed by atoms with E-state index in [4.69, 9.17) is 10.5 Å². The van der Waals surface area contributed by atoms with Crippen molar-refractivity contribution in [1.82, 2.24) is 0 Å². The molecule has 0 saturated heterocycles. The second-order valence-corrected chi connectivity index (χ2v) is 4.04. The second-order valence-electron chi connectivity index (χ2n) is 4.04. The van der Waals surface area contributed by atoms with Crippen molar-refractivity contribution in [2.45, 2.75) is 13.8 Å². The second kappa shape index (κ2) is 4.48. The topological polar surface area (TPSA) is 59.6 Å². The predicted molar refractivity (Wildman–Crippen MR) is 59.0 cm³/mol. The maximum Gasteiger partial charge on any atom is 0.0991 e. The zero-order valence-electron chi connectivity index (χ0n) is 8.91. The molecule has 1 aromatic rings. The van der Waals surface area contributed by atoms with Gasteiger partial charge < -0.3 is 5.32 Å². The highest BCUT2D eigenvalue weighted by Gasteiger charge is 2.15. The maximum absolute atomic E-state index is 8.82. The zero-order valence-corrected chi connectivity index (χ0v) is 8.91. The molecule has 0 aromatic heterocycles. The van der Waals surface area contributed by atoms with Crippen LogP contribution in [0.25, 0.3) is 0 Å². The van der Waals surface area contributed by atoms with Gasteiger partial charge >= 0.3 is 0 Å². The standard InChI is InChI=1S/C12H13N3/c1-12(2,8-14)9-15-11-5-3-10(7-13)4-6-11/h3-6,15H,9H2,1-2H3. The molecule has 0 spiro atoms. The van der Waals surface area contributed by atoms with Crippen molar-refractivity contribution < 1.29 is 0 Å². The monoisotopic (exact) mass is 199 g/mol. The third-order valence-electron chi connectivity index (χ3n) is 2.05. The molecule has 0 bridgehead atoms. The Labute approximate surface area is 90.0 Å². The third kappa shape index (κ3) is 3.32. The Hall–Kier alpha value is -2.00. The summed E-state index contributed by atoms with van der Waals surface area (Å²) in [5.74, 6) is 0. The van der Waals surface area contributed by atoms with Crippen LogP contribution < -0.4 is 5.32 Å². The van der Waals surface area contributed by atoms with Gasteiger partial charge in [-0.05, 0) is 38.1 Å². The van der Waals surface area contributed by atoms with Crippen LogP contribution in [0.3, 0.4) is 0 Å². The van der Waals surface area contributed by atoms with E-state index in [0.717, 1.165) is 5.69 Å². The Morgan fingerprint density at radius 3 is 2.27 bits per heavy atom. The Kier molecular flexibility index (Phi) is 3.31. The molecule has 0 radical (unpaired) electrons. The van der Waals surface area contributed by atoms with Crippen molar-refractivity contribution >= 4 is 5.69 Å². The van der Waals surface area contributed by atoms with Crippen molar-refractivity contribution in [3.63, 3.8) is 0 Å². The fourth-order valence-corrected chi connectivity index (χ4v) is 1.03. The van der Waals surface area contributed by atoms with Crippen LogP contribution in [-0.2, 0) is 0 Å². The highest BCUT2D eigenvalue weighted by Crippen LogP contribution is 2.15. The number of anilines is 1. The first-order valence-electron chi connectivity index (χ1n) is 4.73. The van der Waals surface area contributed by atoms with E-state index >= 15 is 0 Å². The molecular formula is C12H13N3. The van der Waals surface area contributed by atoms with Crippen LogP contribution in [0.15, 0.2) is 24.3 Å². The molecule has 3 nitrogen and oxygen atoms in total. The first kappa shape index (κ1) is 11.1. The third-order valence-corrected chi connectivity index (χ3v) is 2.05. The zero-order chi connectivity index (χ0) is 11.3. The minimum Gasteiger partial charge on any atom is -0.383 e. The Morgan fingerprint density at radius 2 is 1.80 bits per heavy atom. The fourth-order valence-electron chi connectivity index (χ4n) is 1.03. The van der Waals surface area contributed by atoms with E-state index in [1.54, 1.807) is 12.1 Å². The molecule has 0 heterocycles. The predicted octanol–water partition coefficient (Wildman–Crippen LogP) is 2.52. The van der Waals surface area contributed by atoms with Crippen LogP contribution in [0.4, 0.5) is 5.69 Å². The average molecular weight is 199 g/mol. The first-order valence-corrected chi connectivity index (χ1v) is 4.73. The molecular weight excluding hydrogens is 186 g/mol. The van der Waals surface area contributed by atoms with Gasteiger partial charge in [-0.25, -0.2) is 0 Å². The molecule has 0 unspecified atom stereocenters. The fraction of sp³-hybridized carbons (Fsp3) is 0.333. The molecule has 15 heavy (non-hydrogen) atoms. The van der Waals surface area contributed by atoms with Gasteiger partial charge in [0.25, 0.3) is 0 Å². The normalized spacial score (nSPS) is 10.1. The highest BCUT2D eigenvalue weighted by atomic mass is 14.9. The highest BCUT2D eigenvalue weighted by molar-refractivity contribution is 5.47. The molecule has 1 N–H and O–H groups in total. The Morgan fingerprint density at radius 1 is 1.20 bits per heavy atom. The minimum atomic E-state index is -0.381. The van der Waals surface area contributed by atoms with E-state index < -0.39 is 0 Å². The van der Waals surface area contributed by atoms with Crippen molar-refractivity contribution in [2.24, 2.45) is 5.41 Å². The van der Waals surface area contributed by atoms with Crippen LogP contribution in [0.1, 0.15) is 19.4 Å². The molecule has 0 amide bonds. The lowest BCUT2D eigenvalue weighted by Gasteiger charge is -2.16. The lowest BCUT2D eigenvalue weighted by molar-refractivity contribution is 0.529. The van der Waals surface area contributed by atoms with Gasteiger partial charge in [0.2, 0.25) is 0 Å². The molecule has 0 saturated carbocycles. The Bertz CT molecular complexity index is 404. The number of nitrogens with zero attached hydrogens (tertiary/aromatic N) is 2. The average Bonchev–Trinajstić information content (AvgIpc) is 2.27. The van der Waals surface area contributed by atoms with Gasteiger partial charge in [0.15, 0.2) is 0 Å². The van der Waals surface area contributed by atoms with Gasteiger partial charge in [0.05, 0.1) is 23.1 Å². The van der Waals surface area contributed by atoms with E-state index in [-0.39, 0.29) is 5.41 Å². The summed E-state index contributed by atoms with van der Waals surface area (Å²) in [4.78, 5) is 0. The van der Waals surface area contributed by atoms with E-state index in [1.807, 2.05) is 26.0 Å². The molecule has 1 rings (SSSR count). The van der Waals surface area contributed by atoms with Crippen LogP contribution in [0.5, 0.6) is 0 Å². The summed E-state index contributed by atoms with van der Waals surface area (Å²) in [5.41, 5.74) is 1.19. The number of hydrogen-bond donors (Lipinski definition) is 1. The first-order chi connectivity index (χ1) is 7.07. The quantitative estimate of drug-likeness (QED) is 0.813. The lowest BCUT2D eigenvalue weighted by Crippen LogP contribution is -2.20. The molecule has 0 aliphatic heterocycles. The summed E-state index contributed by atoms with van der Waals surface area (Å²) >= 11 is 0. The van der Waals surface area contributed by atoms with Crippen LogP contribution >= 0.6 is 0 Å². The summed E-state index contributed by atoms with van der Waals surface area (Å²) in [7, 11) is 0. The maximum atomic E-state index is 8.82. The molecule has 3 heteroatoms. The lowest BCUT2D eigenvalue weighted by atomic mass is 9.96. The van der Waals surface area contributed by atoms with Crippen LogP contribution in [0, 0.1) is 28.1 Å². The van der Waals surface area contributed by atoms with Crippen LogP contribution in [-0.4, -0.2) is 6.54 Å². The number of rotatable bonds is 3. The molecule has 1 aromatic carbocycles. The van der Waals surface area contributed by atoms with Crippen molar-refractivity contribution in [1.29, 1.82) is 10.5 Å². The van der Waals surface area contributed by atoms with Gasteiger partial charge in [0.1, 0.15) is 0 Å². The van der Waals surface area contributed by atoms with Crippen molar-refractivity contribution in [3.8, 4) is 12.1 Å². The van der Waals surface area contributed by atoms with Gasteiger partial charge in [-0.1, -0.05) is 0 Å².